The molecule has 1 amide bonds. The molecular formula is C21H22N4O4. The molecule has 0 fully saturated rings. The van der Waals surface area contributed by atoms with Crippen molar-refractivity contribution in [1.29, 1.82) is 0 Å². The van der Waals surface area contributed by atoms with Crippen LogP contribution in [0.15, 0.2) is 60.7 Å². The van der Waals surface area contributed by atoms with Crippen molar-refractivity contribution in [3.63, 3.8) is 0 Å². The van der Waals surface area contributed by atoms with Crippen molar-refractivity contribution in [2.75, 3.05) is 31.0 Å². The molecule has 150 valence electrons. The first-order valence-corrected chi connectivity index (χ1v) is 9.07. The second kappa shape index (κ2) is 9.93. The Balaban J connectivity index is 1.51. The molecule has 0 aliphatic heterocycles. The maximum absolute atomic E-state index is 12.1. The first-order chi connectivity index (χ1) is 14.2. The first-order valence-electron chi connectivity index (χ1n) is 9.07. The number of nitrogens with one attached hydrogen (secondary N) is 2. The maximum atomic E-state index is 12.1. The third kappa shape index (κ3) is 5.83. The third-order valence-corrected chi connectivity index (χ3v) is 3.80. The number of ether oxygens (including phenoxy) is 3. The van der Waals surface area contributed by atoms with Gasteiger partial charge in [-0.3, -0.25) is 4.79 Å². The van der Waals surface area contributed by atoms with E-state index in [4.69, 9.17) is 14.2 Å². The minimum Gasteiger partial charge on any atom is -0.494 e. The molecule has 0 unspecified atom stereocenters. The predicted molar refractivity (Wildman–Crippen MR) is 110 cm³/mol. The van der Waals surface area contributed by atoms with E-state index in [0.29, 0.717) is 29.7 Å². The highest BCUT2D eigenvalue weighted by Crippen LogP contribution is 2.25. The summed E-state index contributed by atoms with van der Waals surface area (Å²) >= 11 is 0. The van der Waals surface area contributed by atoms with Crippen LogP contribution in [-0.2, 0) is 4.79 Å². The van der Waals surface area contributed by atoms with Crippen molar-refractivity contribution in [3.8, 4) is 17.2 Å². The summed E-state index contributed by atoms with van der Waals surface area (Å²) < 4.78 is 16.1. The Morgan fingerprint density at radius 1 is 0.897 bits per heavy atom. The Labute approximate surface area is 168 Å². The number of amides is 1. The van der Waals surface area contributed by atoms with E-state index in [-0.39, 0.29) is 12.5 Å². The SMILES string of the molecule is CCOc1ccc(Nc2ccc(NC(=O)COc3ccccc3OC)nn2)cc1. The molecule has 8 nitrogen and oxygen atoms in total. The van der Waals surface area contributed by atoms with Crippen molar-refractivity contribution in [3.05, 3.63) is 60.7 Å². The fraction of sp³-hybridized carbons (Fsp3) is 0.190. The number of para-hydroxylation sites is 2. The number of hydrogen-bond donors (Lipinski definition) is 2. The largest absolute Gasteiger partial charge is 0.494 e. The maximum Gasteiger partial charge on any atom is 0.263 e. The van der Waals surface area contributed by atoms with E-state index in [2.05, 4.69) is 20.8 Å². The summed E-state index contributed by atoms with van der Waals surface area (Å²) in [7, 11) is 1.54. The zero-order chi connectivity index (χ0) is 20.5. The van der Waals surface area contributed by atoms with Gasteiger partial charge in [-0.15, -0.1) is 10.2 Å². The molecule has 2 aromatic carbocycles. The van der Waals surface area contributed by atoms with Crippen LogP contribution in [0.3, 0.4) is 0 Å². The fourth-order valence-electron chi connectivity index (χ4n) is 2.47. The average Bonchev–Trinajstić information content (AvgIpc) is 2.75. The highest BCUT2D eigenvalue weighted by atomic mass is 16.5. The smallest absolute Gasteiger partial charge is 0.263 e. The van der Waals surface area contributed by atoms with Gasteiger partial charge in [0, 0.05) is 5.69 Å². The molecule has 8 heteroatoms. The number of nitrogens with zero attached hydrogens (tertiary/aromatic N) is 2. The number of aromatic nitrogens is 2. The van der Waals surface area contributed by atoms with E-state index >= 15 is 0 Å². The van der Waals surface area contributed by atoms with Gasteiger partial charge in [-0.05, 0) is 55.5 Å². The molecule has 1 aromatic heterocycles. The van der Waals surface area contributed by atoms with Crippen LogP contribution < -0.4 is 24.8 Å². The van der Waals surface area contributed by atoms with Crippen LogP contribution in [0.25, 0.3) is 0 Å². The third-order valence-electron chi connectivity index (χ3n) is 3.80. The lowest BCUT2D eigenvalue weighted by Gasteiger charge is -2.10. The lowest BCUT2D eigenvalue weighted by molar-refractivity contribution is -0.118. The van der Waals surface area contributed by atoms with Crippen molar-refractivity contribution < 1.29 is 19.0 Å². The predicted octanol–water partition coefficient (Wildman–Crippen LogP) is 3.65. The van der Waals surface area contributed by atoms with Crippen LogP contribution in [0, 0.1) is 0 Å². The number of rotatable bonds is 9. The molecule has 0 radical (unpaired) electrons. The summed E-state index contributed by atoms with van der Waals surface area (Å²) in [6.07, 6.45) is 0. The van der Waals surface area contributed by atoms with E-state index in [1.165, 1.54) is 0 Å². The Morgan fingerprint density at radius 2 is 1.59 bits per heavy atom. The minimum absolute atomic E-state index is 0.172. The van der Waals surface area contributed by atoms with Gasteiger partial charge in [-0.1, -0.05) is 12.1 Å². The number of hydrogen-bond acceptors (Lipinski definition) is 7. The normalized spacial score (nSPS) is 10.1. The van der Waals surface area contributed by atoms with Crippen LogP contribution in [0.5, 0.6) is 17.2 Å². The molecule has 2 N–H and O–H groups in total. The van der Waals surface area contributed by atoms with E-state index in [9.17, 15) is 4.79 Å². The summed E-state index contributed by atoms with van der Waals surface area (Å²) in [5.41, 5.74) is 0.852. The van der Waals surface area contributed by atoms with E-state index in [1.807, 2.05) is 37.3 Å². The van der Waals surface area contributed by atoms with Crippen molar-refractivity contribution in [1.82, 2.24) is 10.2 Å². The Kier molecular flexibility index (Phi) is 6.83. The molecule has 0 saturated heterocycles. The standard InChI is InChI=1S/C21H22N4O4/c1-3-28-16-10-8-15(9-11-16)22-19-12-13-20(25-24-19)23-21(26)14-29-18-7-5-4-6-17(18)27-2/h4-13H,3,14H2,1-2H3,(H,22,24)(H,23,25,26). The number of carbonyl (C=O) groups excluding carboxylic acids is 1. The van der Waals surface area contributed by atoms with Crippen molar-refractivity contribution in [2.45, 2.75) is 6.92 Å². The van der Waals surface area contributed by atoms with E-state index < -0.39 is 0 Å². The van der Waals surface area contributed by atoms with Gasteiger partial charge in [0.15, 0.2) is 29.7 Å². The van der Waals surface area contributed by atoms with E-state index in [0.717, 1.165) is 11.4 Å². The molecule has 0 bridgehead atoms. The van der Waals surface area contributed by atoms with Gasteiger partial charge in [-0.25, -0.2) is 0 Å². The zero-order valence-electron chi connectivity index (χ0n) is 16.2. The average molecular weight is 394 g/mol. The Bertz CT molecular complexity index is 930. The topological polar surface area (TPSA) is 94.6 Å². The second-order valence-corrected chi connectivity index (χ2v) is 5.87. The van der Waals surface area contributed by atoms with Gasteiger partial charge in [0.2, 0.25) is 0 Å². The highest BCUT2D eigenvalue weighted by Gasteiger charge is 2.08. The van der Waals surface area contributed by atoms with Crippen LogP contribution in [0.1, 0.15) is 6.92 Å². The summed E-state index contributed by atoms with van der Waals surface area (Å²) in [5, 5.41) is 13.8. The van der Waals surface area contributed by atoms with Crippen molar-refractivity contribution >= 4 is 23.2 Å². The molecule has 3 rings (SSSR count). The first kappa shape index (κ1) is 19.9. The molecule has 0 spiro atoms. The number of benzene rings is 2. The molecule has 0 saturated carbocycles. The van der Waals surface area contributed by atoms with Gasteiger partial charge < -0.3 is 24.8 Å². The number of anilines is 3. The molecule has 3 aromatic rings. The number of methoxy groups -OCH3 is 1. The second-order valence-electron chi connectivity index (χ2n) is 5.87. The quantitative estimate of drug-likeness (QED) is 0.572. The minimum atomic E-state index is -0.350. The fourth-order valence-corrected chi connectivity index (χ4v) is 2.47. The zero-order valence-corrected chi connectivity index (χ0v) is 16.2. The number of carbonyl (C=O) groups is 1. The molecule has 0 aliphatic rings. The van der Waals surface area contributed by atoms with Crippen LogP contribution >= 0.6 is 0 Å². The summed E-state index contributed by atoms with van der Waals surface area (Å²) in [4.78, 5) is 12.1. The monoisotopic (exact) mass is 394 g/mol. The molecule has 1 heterocycles. The van der Waals surface area contributed by atoms with Crippen molar-refractivity contribution in [2.24, 2.45) is 0 Å². The van der Waals surface area contributed by atoms with Gasteiger partial charge in [0.25, 0.3) is 5.91 Å². The van der Waals surface area contributed by atoms with Crippen LogP contribution in [0.4, 0.5) is 17.3 Å². The Hall–Kier alpha value is -3.81. The molecule has 0 atom stereocenters. The van der Waals surface area contributed by atoms with Gasteiger partial charge >= 0.3 is 0 Å². The van der Waals surface area contributed by atoms with Gasteiger partial charge in [0.05, 0.1) is 13.7 Å². The molecule has 0 aliphatic carbocycles. The summed E-state index contributed by atoms with van der Waals surface area (Å²) in [5.74, 6) is 2.39. The lowest BCUT2D eigenvalue weighted by atomic mass is 10.3. The van der Waals surface area contributed by atoms with Crippen LogP contribution in [0.2, 0.25) is 0 Å². The van der Waals surface area contributed by atoms with Gasteiger partial charge in [-0.2, -0.15) is 0 Å². The van der Waals surface area contributed by atoms with Gasteiger partial charge in [0.1, 0.15) is 5.75 Å². The highest BCUT2D eigenvalue weighted by molar-refractivity contribution is 5.91. The lowest BCUT2D eigenvalue weighted by Crippen LogP contribution is -2.21. The summed E-state index contributed by atoms with van der Waals surface area (Å²) in [6, 6.07) is 18.0. The van der Waals surface area contributed by atoms with E-state index in [1.54, 1.807) is 37.4 Å². The molecule has 29 heavy (non-hydrogen) atoms. The Morgan fingerprint density at radius 3 is 2.24 bits per heavy atom. The molecular weight excluding hydrogens is 372 g/mol. The van der Waals surface area contributed by atoms with Crippen LogP contribution in [-0.4, -0.2) is 36.4 Å². The summed E-state index contributed by atoms with van der Waals surface area (Å²) in [6.45, 7) is 2.39.